The first-order chi connectivity index (χ1) is 37.9. The average Bonchev–Trinajstić information content (AvgIpc) is 3.58. The first-order valence-electron chi connectivity index (χ1n) is 29.3. The number of phosphoric ester groups is 2. The van der Waals surface area contributed by atoms with Gasteiger partial charge < -0.3 is 96.1 Å². The number of phosphoric acid groups is 2. The Morgan fingerprint density at radius 1 is 0.450 bits per heavy atom. The highest BCUT2D eigenvalue weighted by molar-refractivity contribution is 7.47. The molecule has 80 heavy (non-hydrogen) atoms. The molecule has 474 valence electrons. The maximum absolute atomic E-state index is 13.7. The Morgan fingerprint density at radius 2 is 0.800 bits per heavy atom. The largest absolute Gasteiger partial charge is 0.472 e. The molecule has 26 nitrogen and oxygen atoms in total. The molecule has 3 aliphatic rings. The van der Waals surface area contributed by atoms with Crippen molar-refractivity contribution in [3.8, 4) is 0 Å². The molecule has 0 bridgehead atoms. The van der Waals surface area contributed by atoms with Crippen LogP contribution in [0.25, 0.3) is 0 Å². The van der Waals surface area contributed by atoms with E-state index in [4.69, 9.17) is 27.6 Å². The fourth-order valence-electron chi connectivity index (χ4n) is 10.2. The lowest BCUT2D eigenvalue weighted by atomic mass is 9.84. The van der Waals surface area contributed by atoms with Crippen molar-refractivity contribution in [1.82, 2.24) is 5.32 Å². The summed E-state index contributed by atoms with van der Waals surface area (Å²) < 4.78 is 57.7. The van der Waals surface area contributed by atoms with E-state index in [0.717, 1.165) is 64.2 Å². The van der Waals surface area contributed by atoms with E-state index in [1.54, 1.807) is 0 Å². The van der Waals surface area contributed by atoms with Crippen molar-refractivity contribution in [2.75, 3.05) is 13.2 Å². The van der Waals surface area contributed by atoms with Gasteiger partial charge in [-0.05, 0) is 12.8 Å². The van der Waals surface area contributed by atoms with Gasteiger partial charge >= 0.3 is 15.6 Å². The highest BCUT2D eigenvalue weighted by Crippen LogP contribution is 2.49. The van der Waals surface area contributed by atoms with Crippen molar-refractivity contribution in [1.29, 1.82) is 0 Å². The molecule has 0 aromatic rings. The van der Waals surface area contributed by atoms with Crippen molar-refractivity contribution < 1.29 is 123 Å². The first kappa shape index (κ1) is 73.3. The van der Waals surface area contributed by atoms with Crippen molar-refractivity contribution >= 4 is 21.6 Å². The predicted octanol–water partition coefficient (Wildman–Crippen LogP) is 1.24. The molecule has 2 saturated carbocycles. The van der Waals surface area contributed by atoms with Gasteiger partial charge in [0.1, 0.15) is 104 Å². The van der Waals surface area contributed by atoms with Crippen LogP contribution in [-0.2, 0) is 41.5 Å². The smallest absolute Gasteiger partial charge is 0.391 e. The zero-order valence-corrected chi connectivity index (χ0v) is 48.6. The molecule has 1 amide bonds. The Hall–Kier alpha value is -0.950. The fraction of sp³-hybridized carbons (Fsp3) is 0.981. The summed E-state index contributed by atoms with van der Waals surface area (Å²) in [7, 11) is -11.1. The Kier molecular flexibility index (Phi) is 35.1. The normalized spacial score (nSPS) is 33.9. The van der Waals surface area contributed by atoms with E-state index in [-0.39, 0.29) is 12.8 Å². The van der Waals surface area contributed by atoms with E-state index in [2.05, 4.69) is 19.2 Å². The number of carbonyl (C=O) groups is 1. The standard InChI is InChI=1S/C52H101NO25P2/c1-3-5-7-9-11-13-15-17-19-20-22-24-26-28-33(54)32(53-51(68)34(55)29-27-25-23-21-18-16-14-12-10-8-6-4-2)30-73-79(69,70)78-50-46(66)42(62)41(61)45(65)49(50)76-52-47(67)37(57)36(56)35(75-52)31-74-80(71,72)77-48-43(63)39(59)38(58)40(60)44(48)64/h32-50,52,54-67H,3-31H2,1-2H3,(H,53,68)(H,69,70)(H,71,72)/t32-,33+,34?,35+,36+,37?,38?,39+,40?,41?,42?,43?,44?,45+,46?,47?,48?,49?,50-,52+/m0/s1. The Balaban J connectivity index is 1.67. The third-order valence-electron chi connectivity index (χ3n) is 15.4. The monoisotopic (exact) mass is 1200 g/mol. The van der Waals surface area contributed by atoms with Crippen LogP contribution in [-0.4, -0.2) is 223 Å². The minimum absolute atomic E-state index is 0.102. The van der Waals surface area contributed by atoms with Gasteiger partial charge in [0.25, 0.3) is 0 Å². The number of carbonyl (C=O) groups excluding carboxylic acids is 1. The summed E-state index contributed by atoms with van der Waals surface area (Å²) >= 11 is 0. The number of hydrogen-bond acceptors (Lipinski definition) is 23. The summed E-state index contributed by atoms with van der Waals surface area (Å²) in [5, 5.41) is 151. The van der Waals surface area contributed by atoms with Crippen LogP contribution in [0.15, 0.2) is 0 Å². The fourth-order valence-corrected chi connectivity index (χ4v) is 12.1. The van der Waals surface area contributed by atoms with E-state index < -0.39 is 157 Å². The second kappa shape index (κ2) is 38.3. The topological polar surface area (TPSA) is 442 Å². The summed E-state index contributed by atoms with van der Waals surface area (Å²) in [5.74, 6) is -0.880. The highest BCUT2D eigenvalue weighted by atomic mass is 31.2. The van der Waals surface area contributed by atoms with E-state index in [0.29, 0.717) is 12.8 Å². The molecule has 1 saturated heterocycles. The lowest BCUT2D eigenvalue weighted by Crippen LogP contribution is -2.67. The second-order valence-electron chi connectivity index (χ2n) is 22.1. The van der Waals surface area contributed by atoms with Crippen molar-refractivity contribution in [3.63, 3.8) is 0 Å². The number of hydrogen-bond donors (Lipinski definition) is 17. The average molecular weight is 1200 g/mol. The van der Waals surface area contributed by atoms with Crippen LogP contribution < -0.4 is 5.32 Å². The summed E-state index contributed by atoms with van der Waals surface area (Å²) in [5.41, 5.74) is 0. The van der Waals surface area contributed by atoms with Crippen LogP contribution >= 0.6 is 15.6 Å². The molecule has 3 rings (SSSR count). The summed E-state index contributed by atoms with van der Waals surface area (Å²) in [6.45, 7) is 2.20. The molecule has 0 aromatic carbocycles. The Morgan fingerprint density at radius 3 is 1.25 bits per heavy atom. The number of aliphatic hydroxyl groups is 14. The predicted molar refractivity (Wildman–Crippen MR) is 287 cm³/mol. The lowest BCUT2D eigenvalue weighted by Gasteiger charge is -2.47. The number of nitrogens with one attached hydrogen (secondary N) is 1. The van der Waals surface area contributed by atoms with Crippen LogP contribution in [0.1, 0.15) is 187 Å². The van der Waals surface area contributed by atoms with Gasteiger partial charge in [0.15, 0.2) is 6.29 Å². The van der Waals surface area contributed by atoms with Gasteiger partial charge in [0.2, 0.25) is 5.91 Å². The van der Waals surface area contributed by atoms with Gasteiger partial charge in [-0.3, -0.25) is 22.9 Å². The minimum atomic E-state index is -5.57. The summed E-state index contributed by atoms with van der Waals surface area (Å²) in [6.07, 6.45) is -14.1. The van der Waals surface area contributed by atoms with Crippen LogP contribution in [0.3, 0.4) is 0 Å². The Labute approximate surface area is 471 Å². The quantitative estimate of drug-likeness (QED) is 0.0302. The van der Waals surface area contributed by atoms with E-state index in [1.165, 1.54) is 83.5 Å². The van der Waals surface area contributed by atoms with Gasteiger partial charge in [0.05, 0.1) is 25.4 Å². The third kappa shape index (κ3) is 24.8. The highest BCUT2D eigenvalue weighted by Gasteiger charge is 2.56. The second-order valence-corrected chi connectivity index (χ2v) is 24.9. The van der Waals surface area contributed by atoms with Gasteiger partial charge in [0, 0.05) is 0 Å². The van der Waals surface area contributed by atoms with Crippen molar-refractivity contribution in [2.24, 2.45) is 0 Å². The van der Waals surface area contributed by atoms with Gasteiger partial charge in [-0.15, -0.1) is 0 Å². The maximum atomic E-state index is 13.7. The maximum Gasteiger partial charge on any atom is 0.472 e. The molecule has 1 aliphatic heterocycles. The third-order valence-corrected chi connectivity index (χ3v) is 17.4. The molecule has 14 unspecified atom stereocenters. The number of unbranched alkanes of at least 4 members (excludes halogenated alkanes) is 23. The zero-order valence-electron chi connectivity index (χ0n) is 46.8. The minimum Gasteiger partial charge on any atom is -0.391 e. The molecule has 0 aromatic heterocycles. The van der Waals surface area contributed by atoms with Crippen LogP contribution in [0.5, 0.6) is 0 Å². The molecule has 0 spiro atoms. The SMILES string of the molecule is CCCCCCCCCCCCCCC[C@@H](O)[C@H](COP(=O)(O)O[C@H]1C(O)C(O)C(O)[C@@H](O)C1O[C@H]1O[C@H](COP(=O)(O)OC2C(O)C(O)C(O)[C@@H](O)C2O)[C@@H](O)C(O)C1O)NC(=O)C(O)CCCCCCCCCCCCCC. The molecular formula is C52H101NO25P2. The van der Waals surface area contributed by atoms with Crippen LogP contribution in [0.4, 0.5) is 0 Å². The van der Waals surface area contributed by atoms with Crippen molar-refractivity contribution in [2.45, 2.75) is 309 Å². The molecule has 2 aliphatic carbocycles. The zero-order chi connectivity index (χ0) is 59.6. The van der Waals surface area contributed by atoms with E-state index in [1.807, 2.05) is 0 Å². The van der Waals surface area contributed by atoms with Crippen molar-refractivity contribution in [3.05, 3.63) is 0 Å². The molecule has 28 heteroatoms. The molecule has 22 atom stereocenters. The summed E-state index contributed by atoms with van der Waals surface area (Å²) in [6, 6.07) is -1.41. The van der Waals surface area contributed by atoms with Gasteiger partial charge in [-0.2, -0.15) is 0 Å². The first-order valence-corrected chi connectivity index (χ1v) is 32.3. The van der Waals surface area contributed by atoms with E-state index >= 15 is 0 Å². The lowest BCUT2D eigenvalue weighted by molar-refractivity contribution is -0.337. The summed E-state index contributed by atoms with van der Waals surface area (Å²) in [4.78, 5) is 34.8. The van der Waals surface area contributed by atoms with Crippen LogP contribution in [0.2, 0.25) is 0 Å². The van der Waals surface area contributed by atoms with Gasteiger partial charge in [-0.25, -0.2) is 9.13 Å². The van der Waals surface area contributed by atoms with Gasteiger partial charge in [-0.1, -0.05) is 174 Å². The number of rotatable bonds is 42. The Bertz CT molecular complexity index is 1750. The van der Waals surface area contributed by atoms with E-state index in [9.17, 15) is 95.2 Å². The number of aliphatic hydroxyl groups excluding tert-OH is 14. The number of amides is 1. The molecular weight excluding hydrogens is 1100 g/mol. The molecule has 1 heterocycles. The van der Waals surface area contributed by atoms with Crippen LogP contribution in [0, 0.1) is 0 Å². The molecule has 17 N–H and O–H groups in total. The molecule has 0 radical (unpaired) electrons. The molecule has 3 fully saturated rings. The number of ether oxygens (including phenoxy) is 2.